The first-order chi connectivity index (χ1) is 14.5. The van der Waals surface area contributed by atoms with Crippen LogP contribution < -0.4 is 10.5 Å². The molecule has 0 saturated carbocycles. The maximum absolute atomic E-state index is 13.0. The lowest BCUT2D eigenvalue weighted by atomic mass is 9.98. The highest BCUT2D eigenvalue weighted by Gasteiger charge is 2.33. The fraction of sp³-hybridized carbons (Fsp3) is 0.286. The van der Waals surface area contributed by atoms with Crippen LogP contribution in [0, 0.1) is 12.8 Å². The number of nitrogen functional groups attached to an aromatic ring is 1. The van der Waals surface area contributed by atoms with E-state index in [-0.39, 0.29) is 30.2 Å². The normalized spacial score (nSPS) is 15.9. The molecule has 3 aromatic rings. The number of likely N-dealkylation sites (tertiary alicyclic amines) is 1. The zero-order chi connectivity index (χ0) is 21.1. The topological polar surface area (TPSA) is 116 Å². The predicted molar refractivity (Wildman–Crippen MR) is 109 cm³/mol. The predicted octanol–water partition coefficient (Wildman–Crippen LogP) is 1.66. The van der Waals surface area contributed by atoms with E-state index in [9.17, 15) is 9.59 Å². The van der Waals surface area contributed by atoms with Crippen molar-refractivity contribution in [1.82, 2.24) is 24.6 Å². The van der Waals surface area contributed by atoms with Gasteiger partial charge in [-0.2, -0.15) is 5.10 Å². The van der Waals surface area contributed by atoms with E-state index in [0.29, 0.717) is 30.9 Å². The van der Waals surface area contributed by atoms with Gasteiger partial charge in [-0.15, -0.1) is 0 Å². The van der Waals surface area contributed by atoms with Gasteiger partial charge in [0.05, 0.1) is 17.4 Å². The molecule has 2 aromatic heterocycles. The fourth-order valence-corrected chi connectivity index (χ4v) is 3.44. The van der Waals surface area contributed by atoms with Crippen LogP contribution in [0.2, 0.25) is 0 Å². The molecule has 1 saturated heterocycles. The van der Waals surface area contributed by atoms with Crippen molar-refractivity contribution in [1.29, 1.82) is 0 Å². The monoisotopic (exact) mass is 406 g/mol. The van der Waals surface area contributed by atoms with Crippen molar-refractivity contribution in [3.05, 3.63) is 60.0 Å². The molecule has 1 aliphatic rings. The Morgan fingerprint density at radius 1 is 1.20 bits per heavy atom. The van der Waals surface area contributed by atoms with Gasteiger partial charge in [-0.1, -0.05) is 17.7 Å². The number of carbonyl (C=O) groups excluding carboxylic acids is 2. The summed E-state index contributed by atoms with van der Waals surface area (Å²) in [5.41, 5.74) is 8.51. The highest BCUT2D eigenvalue weighted by molar-refractivity contribution is 6.02. The summed E-state index contributed by atoms with van der Waals surface area (Å²) in [4.78, 5) is 34.8. The molecule has 4 rings (SSSR count). The van der Waals surface area contributed by atoms with Gasteiger partial charge in [0.15, 0.2) is 12.4 Å². The van der Waals surface area contributed by atoms with Crippen molar-refractivity contribution in [3.63, 3.8) is 0 Å². The van der Waals surface area contributed by atoms with E-state index >= 15 is 0 Å². The first-order valence-corrected chi connectivity index (χ1v) is 9.65. The molecule has 1 atom stereocenters. The van der Waals surface area contributed by atoms with Crippen LogP contribution in [0.5, 0.6) is 6.01 Å². The lowest BCUT2D eigenvalue weighted by molar-refractivity contribution is -0.132. The average molecular weight is 406 g/mol. The number of hydrogen-bond donors (Lipinski definition) is 1. The molecular formula is C21H22N6O3. The summed E-state index contributed by atoms with van der Waals surface area (Å²) in [6.07, 6.45) is 5.15. The Bertz CT molecular complexity index is 1050. The molecule has 30 heavy (non-hydrogen) atoms. The Kier molecular flexibility index (Phi) is 5.42. The second-order valence-corrected chi connectivity index (χ2v) is 7.20. The number of nitrogens with zero attached hydrogens (tertiary/aromatic N) is 5. The maximum Gasteiger partial charge on any atom is 0.316 e. The Morgan fingerprint density at radius 3 is 2.67 bits per heavy atom. The summed E-state index contributed by atoms with van der Waals surface area (Å²) in [6.45, 7) is 2.64. The summed E-state index contributed by atoms with van der Waals surface area (Å²) < 4.78 is 6.86. The molecule has 1 fully saturated rings. The van der Waals surface area contributed by atoms with Gasteiger partial charge in [0, 0.05) is 31.4 Å². The van der Waals surface area contributed by atoms with E-state index in [0.717, 1.165) is 11.3 Å². The first kappa shape index (κ1) is 19.6. The minimum atomic E-state index is -0.320. The zero-order valence-corrected chi connectivity index (χ0v) is 16.6. The van der Waals surface area contributed by atoms with Crippen LogP contribution in [0.3, 0.4) is 0 Å². The first-order valence-electron chi connectivity index (χ1n) is 9.65. The van der Waals surface area contributed by atoms with E-state index < -0.39 is 0 Å². The van der Waals surface area contributed by atoms with Gasteiger partial charge in [-0.3, -0.25) is 9.59 Å². The number of Topliss-reactive ketones (excluding diaryl/α,β-unsaturated/α-hetero) is 1. The lowest BCUT2D eigenvalue weighted by Gasteiger charge is -2.16. The van der Waals surface area contributed by atoms with Crippen molar-refractivity contribution in [3.8, 4) is 11.7 Å². The molecule has 2 N–H and O–H groups in total. The Labute approximate surface area is 173 Å². The number of benzene rings is 1. The molecule has 1 amide bonds. The van der Waals surface area contributed by atoms with Crippen LogP contribution in [0.1, 0.15) is 22.3 Å². The van der Waals surface area contributed by atoms with E-state index in [1.54, 1.807) is 28.0 Å². The minimum Gasteiger partial charge on any atom is -0.453 e. The summed E-state index contributed by atoms with van der Waals surface area (Å²) >= 11 is 0. The molecular weight excluding hydrogens is 384 g/mol. The quantitative estimate of drug-likeness (QED) is 0.619. The van der Waals surface area contributed by atoms with Gasteiger partial charge >= 0.3 is 6.01 Å². The molecule has 0 radical (unpaired) electrons. The molecule has 9 heteroatoms. The molecule has 1 aromatic carbocycles. The third-order valence-electron chi connectivity index (χ3n) is 5.13. The standard InChI is InChI=1S/C21H22N6O3/c1-14-3-5-16(6-4-14)27-20(22)17(11-25-27)19(29)15-7-10-26(12-15)18(28)13-30-21-23-8-2-9-24-21/h2-6,8-9,11,15H,7,10,12-13,22H2,1H3/t15-/m1/s1. The van der Waals surface area contributed by atoms with Gasteiger partial charge in [-0.05, 0) is 31.5 Å². The van der Waals surface area contributed by atoms with Gasteiger partial charge < -0.3 is 15.4 Å². The van der Waals surface area contributed by atoms with E-state index in [4.69, 9.17) is 10.5 Å². The lowest BCUT2D eigenvalue weighted by Crippen LogP contribution is -2.34. The van der Waals surface area contributed by atoms with Crippen LogP contribution in [0.25, 0.3) is 5.69 Å². The number of ketones is 1. The van der Waals surface area contributed by atoms with Crippen molar-refractivity contribution in [2.24, 2.45) is 5.92 Å². The molecule has 0 spiro atoms. The number of amides is 1. The number of aryl methyl sites for hydroxylation is 1. The molecule has 0 unspecified atom stereocenters. The third-order valence-corrected chi connectivity index (χ3v) is 5.13. The van der Waals surface area contributed by atoms with Crippen LogP contribution in [-0.2, 0) is 4.79 Å². The van der Waals surface area contributed by atoms with Crippen LogP contribution in [-0.4, -0.2) is 56.0 Å². The zero-order valence-electron chi connectivity index (χ0n) is 16.6. The van der Waals surface area contributed by atoms with Gasteiger partial charge in [0.25, 0.3) is 5.91 Å². The summed E-state index contributed by atoms with van der Waals surface area (Å²) in [5, 5.41) is 4.28. The number of ether oxygens (including phenoxy) is 1. The second kappa shape index (κ2) is 8.32. The SMILES string of the molecule is Cc1ccc(-n2ncc(C(=O)[C@@H]3CCN(C(=O)COc4ncccn4)C3)c2N)cc1. The van der Waals surface area contributed by atoms with E-state index in [2.05, 4.69) is 15.1 Å². The molecule has 0 bridgehead atoms. The average Bonchev–Trinajstić information content (AvgIpc) is 3.40. The number of nitrogens with two attached hydrogens (primary N) is 1. The molecule has 3 heterocycles. The largest absolute Gasteiger partial charge is 0.453 e. The summed E-state index contributed by atoms with van der Waals surface area (Å²) in [6, 6.07) is 9.53. The number of rotatable bonds is 6. The minimum absolute atomic E-state index is 0.103. The van der Waals surface area contributed by atoms with Gasteiger partial charge in [-0.25, -0.2) is 14.6 Å². The summed E-state index contributed by atoms with van der Waals surface area (Å²) in [7, 11) is 0. The van der Waals surface area contributed by atoms with Gasteiger partial charge in [0.1, 0.15) is 5.82 Å². The van der Waals surface area contributed by atoms with Crippen molar-refractivity contribution >= 4 is 17.5 Å². The highest BCUT2D eigenvalue weighted by Crippen LogP contribution is 2.25. The molecule has 1 aliphatic heterocycles. The number of carbonyl (C=O) groups is 2. The fourth-order valence-electron chi connectivity index (χ4n) is 3.44. The van der Waals surface area contributed by atoms with Crippen LogP contribution >= 0.6 is 0 Å². The highest BCUT2D eigenvalue weighted by atomic mass is 16.5. The Morgan fingerprint density at radius 2 is 1.93 bits per heavy atom. The second-order valence-electron chi connectivity index (χ2n) is 7.20. The van der Waals surface area contributed by atoms with E-state index in [1.807, 2.05) is 31.2 Å². The van der Waals surface area contributed by atoms with Crippen molar-refractivity contribution in [2.45, 2.75) is 13.3 Å². The number of aromatic nitrogens is 4. The molecule has 154 valence electrons. The van der Waals surface area contributed by atoms with Crippen LogP contribution in [0.4, 0.5) is 5.82 Å². The molecule has 9 nitrogen and oxygen atoms in total. The maximum atomic E-state index is 13.0. The van der Waals surface area contributed by atoms with Crippen molar-refractivity contribution in [2.75, 3.05) is 25.4 Å². The van der Waals surface area contributed by atoms with Crippen molar-refractivity contribution < 1.29 is 14.3 Å². The smallest absolute Gasteiger partial charge is 0.316 e. The Hall–Kier alpha value is -3.75. The van der Waals surface area contributed by atoms with Crippen LogP contribution in [0.15, 0.2) is 48.9 Å². The van der Waals surface area contributed by atoms with Gasteiger partial charge in [0.2, 0.25) is 0 Å². The third kappa shape index (κ3) is 4.00. The van der Waals surface area contributed by atoms with E-state index in [1.165, 1.54) is 6.20 Å². The summed E-state index contributed by atoms with van der Waals surface area (Å²) in [5.74, 6) is -0.326. The number of anilines is 1. The number of hydrogen-bond acceptors (Lipinski definition) is 7. The molecule has 0 aliphatic carbocycles. The Balaban J connectivity index is 1.39.